The Hall–Kier alpha value is -3.19. The minimum atomic E-state index is 0.554. The van der Waals surface area contributed by atoms with Crippen molar-refractivity contribution in [2.75, 3.05) is 49.7 Å². The molecular formula is C22H25N5O2. The fourth-order valence-corrected chi connectivity index (χ4v) is 3.15. The lowest BCUT2D eigenvalue weighted by Crippen LogP contribution is -2.36. The van der Waals surface area contributed by atoms with Crippen LogP contribution in [0.1, 0.15) is 5.69 Å². The van der Waals surface area contributed by atoms with Crippen LogP contribution in [0.2, 0.25) is 0 Å². The molecule has 0 amide bonds. The third kappa shape index (κ3) is 5.20. The number of aryl methyl sites for hydroxylation is 1. The van der Waals surface area contributed by atoms with Gasteiger partial charge in [-0.2, -0.15) is 0 Å². The Morgan fingerprint density at radius 2 is 1.90 bits per heavy atom. The normalized spacial score (nSPS) is 13.9. The van der Waals surface area contributed by atoms with E-state index < -0.39 is 0 Å². The number of hydrogen-bond donors (Lipinski definition) is 1. The Balaban J connectivity index is 1.38. The number of anilines is 2. The fourth-order valence-electron chi connectivity index (χ4n) is 3.15. The number of benzene rings is 1. The molecule has 1 N–H and O–H groups in total. The van der Waals surface area contributed by atoms with Crippen molar-refractivity contribution in [3.8, 4) is 17.1 Å². The smallest absolute Gasteiger partial charge is 0.163 e. The van der Waals surface area contributed by atoms with Crippen molar-refractivity contribution in [1.82, 2.24) is 15.0 Å². The van der Waals surface area contributed by atoms with Crippen LogP contribution in [-0.2, 0) is 4.74 Å². The molecule has 3 heterocycles. The van der Waals surface area contributed by atoms with E-state index in [-0.39, 0.29) is 0 Å². The van der Waals surface area contributed by atoms with Gasteiger partial charge in [0.15, 0.2) is 5.82 Å². The van der Waals surface area contributed by atoms with E-state index in [9.17, 15) is 0 Å². The summed E-state index contributed by atoms with van der Waals surface area (Å²) in [6.07, 6.45) is 1.84. The predicted molar refractivity (Wildman–Crippen MR) is 113 cm³/mol. The average Bonchev–Trinajstić information content (AvgIpc) is 2.78. The first-order chi connectivity index (χ1) is 14.3. The van der Waals surface area contributed by atoms with E-state index in [1.165, 1.54) is 0 Å². The quantitative estimate of drug-likeness (QED) is 0.620. The van der Waals surface area contributed by atoms with Gasteiger partial charge in [-0.25, -0.2) is 15.0 Å². The van der Waals surface area contributed by atoms with Crippen LogP contribution in [0.5, 0.6) is 5.75 Å². The molecule has 29 heavy (non-hydrogen) atoms. The highest BCUT2D eigenvalue weighted by atomic mass is 16.5. The lowest BCUT2D eigenvalue weighted by molar-refractivity contribution is 0.122. The summed E-state index contributed by atoms with van der Waals surface area (Å²) in [7, 11) is 0. The van der Waals surface area contributed by atoms with Crippen LogP contribution in [0.3, 0.4) is 0 Å². The summed E-state index contributed by atoms with van der Waals surface area (Å²) < 4.78 is 11.1. The molecule has 0 atom stereocenters. The first-order valence-corrected chi connectivity index (χ1v) is 9.84. The zero-order chi connectivity index (χ0) is 19.9. The monoisotopic (exact) mass is 391 g/mol. The van der Waals surface area contributed by atoms with Gasteiger partial charge in [0.05, 0.1) is 19.8 Å². The summed E-state index contributed by atoms with van der Waals surface area (Å²) in [6.45, 7) is 6.39. The zero-order valence-corrected chi connectivity index (χ0v) is 16.5. The highest BCUT2D eigenvalue weighted by molar-refractivity contribution is 5.58. The Morgan fingerprint density at radius 1 is 1.07 bits per heavy atom. The first-order valence-electron chi connectivity index (χ1n) is 9.84. The van der Waals surface area contributed by atoms with Gasteiger partial charge in [0, 0.05) is 36.6 Å². The second-order valence-electron chi connectivity index (χ2n) is 6.81. The SMILES string of the molecule is Cc1cc(NCCOc2ccccc2)nc(-c2ccc(N3CCOCC3)nc2)n1. The van der Waals surface area contributed by atoms with Crippen LogP contribution in [0, 0.1) is 6.92 Å². The summed E-state index contributed by atoms with van der Waals surface area (Å²) in [5.74, 6) is 3.26. The van der Waals surface area contributed by atoms with E-state index in [0.29, 0.717) is 19.0 Å². The van der Waals surface area contributed by atoms with E-state index in [2.05, 4.69) is 25.2 Å². The minimum Gasteiger partial charge on any atom is -0.492 e. The van der Waals surface area contributed by atoms with Gasteiger partial charge in [0.25, 0.3) is 0 Å². The lowest BCUT2D eigenvalue weighted by Gasteiger charge is -2.27. The molecule has 0 aliphatic carbocycles. The van der Waals surface area contributed by atoms with Gasteiger partial charge in [0.1, 0.15) is 24.0 Å². The molecule has 7 nitrogen and oxygen atoms in total. The molecule has 1 aromatic carbocycles. The number of rotatable bonds is 7. The summed E-state index contributed by atoms with van der Waals surface area (Å²) >= 11 is 0. The predicted octanol–water partition coefficient (Wildman–Crippen LogP) is 3.17. The summed E-state index contributed by atoms with van der Waals surface area (Å²) in [6, 6.07) is 15.8. The zero-order valence-electron chi connectivity index (χ0n) is 16.5. The molecule has 1 aliphatic heterocycles. The Morgan fingerprint density at radius 3 is 2.66 bits per heavy atom. The van der Waals surface area contributed by atoms with Crippen LogP contribution in [-0.4, -0.2) is 54.4 Å². The molecule has 0 radical (unpaired) electrons. The van der Waals surface area contributed by atoms with Crippen molar-refractivity contribution in [1.29, 1.82) is 0 Å². The van der Waals surface area contributed by atoms with Gasteiger partial charge in [-0.15, -0.1) is 0 Å². The van der Waals surface area contributed by atoms with Crippen molar-refractivity contribution >= 4 is 11.6 Å². The molecule has 0 saturated carbocycles. The number of ether oxygens (including phenoxy) is 2. The molecule has 150 valence electrons. The van der Waals surface area contributed by atoms with Crippen LogP contribution in [0.25, 0.3) is 11.4 Å². The van der Waals surface area contributed by atoms with E-state index in [4.69, 9.17) is 9.47 Å². The Bertz CT molecular complexity index is 912. The highest BCUT2D eigenvalue weighted by Crippen LogP contribution is 2.20. The summed E-state index contributed by atoms with van der Waals surface area (Å²) in [4.78, 5) is 16.0. The largest absolute Gasteiger partial charge is 0.492 e. The summed E-state index contributed by atoms with van der Waals surface area (Å²) in [5.41, 5.74) is 1.80. The van der Waals surface area contributed by atoms with Crippen molar-refractivity contribution in [2.45, 2.75) is 6.92 Å². The van der Waals surface area contributed by atoms with E-state index >= 15 is 0 Å². The molecule has 1 fully saturated rings. The van der Waals surface area contributed by atoms with Crippen molar-refractivity contribution < 1.29 is 9.47 Å². The molecule has 7 heteroatoms. The summed E-state index contributed by atoms with van der Waals surface area (Å²) in [5, 5.41) is 3.31. The molecule has 3 aromatic rings. The maximum Gasteiger partial charge on any atom is 0.163 e. The number of hydrogen-bond acceptors (Lipinski definition) is 7. The third-order valence-corrected chi connectivity index (χ3v) is 4.62. The van der Waals surface area contributed by atoms with Gasteiger partial charge in [-0.05, 0) is 31.2 Å². The molecule has 1 aliphatic rings. The number of aromatic nitrogens is 3. The van der Waals surface area contributed by atoms with Gasteiger partial charge < -0.3 is 19.7 Å². The molecule has 4 rings (SSSR count). The number of pyridine rings is 1. The van der Waals surface area contributed by atoms with Crippen LogP contribution in [0.4, 0.5) is 11.6 Å². The fraction of sp³-hybridized carbons (Fsp3) is 0.318. The molecular weight excluding hydrogens is 366 g/mol. The Kier molecular flexibility index (Phi) is 6.16. The van der Waals surface area contributed by atoms with Crippen molar-refractivity contribution in [3.05, 3.63) is 60.4 Å². The second kappa shape index (κ2) is 9.34. The van der Waals surface area contributed by atoms with Gasteiger partial charge >= 0.3 is 0 Å². The van der Waals surface area contributed by atoms with Crippen molar-refractivity contribution in [3.63, 3.8) is 0 Å². The van der Waals surface area contributed by atoms with E-state index in [1.807, 2.05) is 61.7 Å². The topological polar surface area (TPSA) is 72.4 Å². The lowest BCUT2D eigenvalue weighted by atomic mass is 10.2. The highest BCUT2D eigenvalue weighted by Gasteiger charge is 2.13. The first kappa shape index (κ1) is 19.1. The van der Waals surface area contributed by atoms with E-state index in [1.54, 1.807) is 0 Å². The molecule has 0 unspecified atom stereocenters. The number of nitrogens with one attached hydrogen (secondary N) is 1. The molecule has 0 bridgehead atoms. The maximum atomic E-state index is 5.71. The van der Waals surface area contributed by atoms with Crippen LogP contribution in [0.15, 0.2) is 54.7 Å². The van der Waals surface area contributed by atoms with E-state index in [0.717, 1.165) is 54.9 Å². The van der Waals surface area contributed by atoms with Crippen LogP contribution >= 0.6 is 0 Å². The standard InChI is InChI=1S/C22H25N5O2/c1-17-15-20(23-9-12-29-19-5-3-2-4-6-19)26-22(25-17)18-7-8-21(24-16-18)27-10-13-28-14-11-27/h2-8,15-16H,9-14H2,1H3,(H,23,25,26). The van der Waals surface area contributed by atoms with Gasteiger partial charge in [-0.1, -0.05) is 18.2 Å². The van der Waals surface area contributed by atoms with Gasteiger partial charge in [-0.3, -0.25) is 0 Å². The van der Waals surface area contributed by atoms with Crippen molar-refractivity contribution in [2.24, 2.45) is 0 Å². The maximum absolute atomic E-state index is 5.71. The second-order valence-corrected chi connectivity index (χ2v) is 6.81. The Labute approximate surface area is 170 Å². The number of morpholine rings is 1. The number of para-hydroxylation sites is 1. The molecule has 2 aromatic heterocycles. The van der Waals surface area contributed by atoms with Crippen LogP contribution < -0.4 is 15.0 Å². The average molecular weight is 391 g/mol. The molecule has 0 spiro atoms. The number of nitrogens with zero attached hydrogens (tertiary/aromatic N) is 4. The van der Waals surface area contributed by atoms with Gasteiger partial charge in [0.2, 0.25) is 0 Å². The minimum absolute atomic E-state index is 0.554. The molecule has 1 saturated heterocycles. The third-order valence-electron chi connectivity index (χ3n) is 4.62.